The smallest absolute Gasteiger partial charge is 0.0346 e. The molecule has 0 saturated carbocycles. The first-order chi connectivity index (χ1) is 6.98. The molecule has 0 aliphatic heterocycles. The Morgan fingerprint density at radius 2 is 1.87 bits per heavy atom. The summed E-state index contributed by atoms with van der Waals surface area (Å²) in [6.45, 7) is 8.90. The highest BCUT2D eigenvalue weighted by Gasteiger charge is 2.16. The van der Waals surface area contributed by atoms with Gasteiger partial charge in [0.15, 0.2) is 0 Å². The molecule has 0 amide bonds. The Morgan fingerprint density at radius 3 is 2.53 bits per heavy atom. The van der Waals surface area contributed by atoms with E-state index >= 15 is 0 Å². The van der Waals surface area contributed by atoms with Gasteiger partial charge >= 0.3 is 0 Å². The number of hydrogen-bond donors (Lipinski definition) is 0. The minimum absolute atomic E-state index is 0.186. The van der Waals surface area contributed by atoms with Crippen LogP contribution in [0.15, 0.2) is 30.6 Å². The first-order valence-electron chi connectivity index (χ1n) is 5.33. The number of pyridine rings is 1. The van der Waals surface area contributed by atoms with E-state index in [1.165, 1.54) is 21.9 Å². The van der Waals surface area contributed by atoms with E-state index in [0.717, 1.165) is 0 Å². The number of aromatic nitrogens is 1. The Balaban J connectivity index is 2.83. The molecule has 0 fully saturated rings. The van der Waals surface area contributed by atoms with Crippen molar-refractivity contribution in [3.63, 3.8) is 0 Å². The minimum atomic E-state index is 0.186. The van der Waals surface area contributed by atoms with Gasteiger partial charge in [0.05, 0.1) is 0 Å². The molecule has 0 atom stereocenters. The molecule has 78 valence electrons. The maximum absolute atomic E-state index is 4.18. The summed E-state index contributed by atoms with van der Waals surface area (Å²) in [5, 5.41) is 2.56. The fraction of sp³-hybridized carbons (Fsp3) is 0.357. The standard InChI is InChI=1S/C14H17N/c1-10-7-11-9-15-6-5-12(11)13(8-10)14(2,3)4/h5-9H,1-4H3. The predicted molar refractivity (Wildman–Crippen MR) is 65.2 cm³/mol. The summed E-state index contributed by atoms with van der Waals surface area (Å²) in [6.07, 6.45) is 3.81. The fourth-order valence-electron chi connectivity index (χ4n) is 1.98. The topological polar surface area (TPSA) is 12.9 Å². The van der Waals surface area contributed by atoms with Crippen molar-refractivity contribution in [1.82, 2.24) is 4.98 Å². The van der Waals surface area contributed by atoms with Crippen LogP contribution < -0.4 is 0 Å². The second kappa shape index (κ2) is 3.34. The minimum Gasteiger partial charge on any atom is -0.264 e. The van der Waals surface area contributed by atoms with E-state index in [9.17, 15) is 0 Å². The second-order valence-corrected chi connectivity index (χ2v) is 5.16. The quantitative estimate of drug-likeness (QED) is 0.628. The molecule has 1 aromatic carbocycles. The molecule has 2 aromatic rings. The lowest BCUT2D eigenvalue weighted by Gasteiger charge is -2.22. The van der Waals surface area contributed by atoms with Gasteiger partial charge in [0, 0.05) is 17.8 Å². The molecule has 0 aliphatic carbocycles. The van der Waals surface area contributed by atoms with Gasteiger partial charge in [0.1, 0.15) is 0 Å². The molecule has 0 radical (unpaired) electrons. The SMILES string of the molecule is Cc1cc(C(C)(C)C)c2ccncc2c1. The molecular weight excluding hydrogens is 182 g/mol. The van der Waals surface area contributed by atoms with Crippen molar-refractivity contribution >= 4 is 10.8 Å². The molecule has 0 spiro atoms. The molecule has 1 heteroatoms. The number of hydrogen-bond acceptors (Lipinski definition) is 1. The van der Waals surface area contributed by atoms with Crippen molar-refractivity contribution in [2.75, 3.05) is 0 Å². The average Bonchev–Trinajstić information content (AvgIpc) is 2.15. The molecule has 1 aromatic heterocycles. The van der Waals surface area contributed by atoms with Crippen LogP contribution in [-0.4, -0.2) is 4.98 Å². The van der Waals surface area contributed by atoms with E-state index in [0.29, 0.717) is 0 Å². The highest BCUT2D eigenvalue weighted by Crippen LogP contribution is 2.30. The van der Waals surface area contributed by atoms with Crippen LogP contribution in [-0.2, 0) is 5.41 Å². The summed E-state index contributed by atoms with van der Waals surface area (Å²) in [4.78, 5) is 4.18. The molecule has 1 heterocycles. The number of aryl methyl sites for hydroxylation is 1. The highest BCUT2D eigenvalue weighted by molar-refractivity contribution is 5.86. The molecule has 0 N–H and O–H groups in total. The van der Waals surface area contributed by atoms with Gasteiger partial charge in [-0.25, -0.2) is 0 Å². The third-order valence-electron chi connectivity index (χ3n) is 2.71. The van der Waals surface area contributed by atoms with Crippen molar-refractivity contribution in [2.45, 2.75) is 33.1 Å². The molecule has 1 nitrogen and oxygen atoms in total. The molecule has 0 bridgehead atoms. The van der Waals surface area contributed by atoms with Crippen LogP contribution in [0.3, 0.4) is 0 Å². The van der Waals surface area contributed by atoms with E-state index in [4.69, 9.17) is 0 Å². The summed E-state index contributed by atoms with van der Waals surface area (Å²) in [5.74, 6) is 0. The van der Waals surface area contributed by atoms with Crippen LogP contribution in [0.25, 0.3) is 10.8 Å². The van der Waals surface area contributed by atoms with Crippen LogP contribution in [0.5, 0.6) is 0 Å². The maximum Gasteiger partial charge on any atom is 0.0346 e. The van der Waals surface area contributed by atoms with Crippen molar-refractivity contribution in [3.8, 4) is 0 Å². The number of benzene rings is 1. The third kappa shape index (κ3) is 1.87. The Kier molecular flexibility index (Phi) is 2.26. The molecule has 2 rings (SSSR count). The van der Waals surface area contributed by atoms with E-state index in [2.05, 4.69) is 50.9 Å². The van der Waals surface area contributed by atoms with Crippen molar-refractivity contribution < 1.29 is 0 Å². The van der Waals surface area contributed by atoms with Gasteiger partial charge in [-0.2, -0.15) is 0 Å². The number of fused-ring (bicyclic) bond motifs is 1. The summed E-state index contributed by atoms with van der Waals surface area (Å²) < 4.78 is 0. The van der Waals surface area contributed by atoms with E-state index in [-0.39, 0.29) is 5.41 Å². The number of nitrogens with zero attached hydrogens (tertiary/aromatic N) is 1. The zero-order valence-electron chi connectivity index (χ0n) is 9.83. The van der Waals surface area contributed by atoms with Crippen molar-refractivity contribution in [2.24, 2.45) is 0 Å². The van der Waals surface area contributed by atoms with Gasteiger partial charge in [0.2, 0.25) is 0 Å². The van der Waals surface area contributed by atoms with Crippen molar-refractivity contribution in [1.29, 1.82) is 0 Å². The summed E-state index contributed by atoms with van der Waals surface area (Å²) in [6, 6.07) is 6.58. The zero-order chi connectivity index (χ0) is 11.1. The monoisotopic (exact) mass is 199 g/mol. The highest BCUT2D eigenvalue weighted by atomic mass is 14.6. The second-order valence-electron chi connectivity index (χ2n) is 5.16. The van der Waals surface area contributed by atoms with Gasteiger partial charge in [0.25, 0.3) is 0 Å². The fourth-order valence-corrected chi connectivity index (χ4v) is 1.98. The lowest BCUT2D eigenvalue weighted by Crippen LogP contribution is -2.12. The molecule has 0 aliphatic rings. The lowest BCUT2D eigenvalue weighted by atomic mass is 9.83. The van der Waals surface area contributed by atoms with Crippen LogP contribution in [0, 0.1) is 6.92 Å². The molecule has 0 unspecified atom stereocenters. The van der Waals surface area contributed by atoms with Crippen LogP contribution in [0.1, 0.15) is 31.9 Å². The number of rotatable bonds is 0. The van der Waals surface area contributed by atoms with Gasteiger partial charge in [-0.15, -0.1) is 0 Å². The maximum atomic E-state index is 4.18. The predicted octanol–water partition coefficient (Wildman–Crippen LogP) is 3.84. The summed E-state index contributed by atoms with van der Waals surface area (Å²) in [5.41, 5.74) is 2.89. The lowest BCUT2D eigenvalue weighted by molar-refractivity contribution is 0.595. The molecule has 15 heavy (non-hydrogen) atoms. The first kappa shape index (κ1) is 10.2. The van der Waals surface area contributed by atoms with Crippen LogP contribution in [0.2, 0.25) is 0 Å². The first-order valence-corrected chi connectivity index (χ1v) is 5.33. The Hall–Kier alpha value is -1.37. The molecular formula is C14H17N. The van der Waals surface area contributed by atoms with Gasteiger partial charge in [-0.1, -0.05) is 32.4 Å². The molecule has 0 saturated heterocycles. The largest absolute Gasteiger partial charge is 0.264 e. The van der Waals surface area contributed by atoms with Gasteiger partial charge < -0.3 is 0 Å². The zero-order valence-corrected chi connectivity index (χ0v) is 9.83. The van der Waals surface area contributed by atoms with Crippen LogP contribution in [0.4, 0.5) is 0 Å². The normalized spacial score (nSPS) is 12.0. The van der Waals surface area contributed by atoms with Gasteiger partial charge in [-0.05, 0) is 35.4 Å². The van der Waals surface area contributed by atoms with Crippen molar-refractivity contribution in [3.05, 3.63) is 41.7 Å². The average molecular weight is 199 g/mol. The summed E-state index contributed by atoms with van der Waals surface area (Å²) in [7, 11) is 0. The third-order valence-corrected chi connectivity index (χ3v) is 2.71. The van der Waals surface area contributed by atoms with Gasteiger partial charge in [-0.3, -0.25) is 4.98 Å². The van der Waals surface area contributed by atoms with E-state index in [1.54, 1.807) is 0 Å². The Labute approximate surface area is 91.2 Å². The summed E-state index contributed by atoms with van der Waals surface area (Å²) >= 11 is 0. The van der Waals surface area contributed by atoms with E-state index in [1.807, 2.05) is 12.4 Å². The van der Waals surface area contributed by atoms with E-state index < -0.39 is 0 Å². The Bertz CT molecular complexity index is 492. The van der Waals surface area contributed by atoms with Crippen LogP contribution >= 0.6 is 0 Å². The Morgan fingerprint density at radius 1 is 1.13 bits per heavy atom.